The number of imide groups is 1. The molecule has 0 saturated carbocycles. The molecule has 1 aromatic heterocycles. The summed E-state index contributed by atoms with van der Waals surface area (Å²) in [6, 6.07) is 16.3. The van der Waals surface area contributed by atoms with Gasteiger partial charge in [0.05, 0.1) is 12.1 Å². The number of benzene rings is 2. The Bertz CT molecular complexity index is 1300. The van der Waals surface area contributed by atoms with Crippen LogP contribution in [-0.4, -0.2) is 65.5 Å². The van der Waals surface area contributed by atoms with Crippen LogP contribution >= 0.6 is 23.7 Å². The molecule has 3 atom stereocenters. The highest BCUT2D eigenvalue weighted by molar-refractivity contribution is 7.09. The molecule has 4 N–H and O–H groups in total. The minimum absolute atomic E-state index is 0. The Kier molecular flexibility index (Phi) is 11.9. The van der Waals surface area contributed by atoms with Crippen molar-refractivity contribution in [3.8, 4) is 0 Å². The summed E-state index contributed by atoms with van der Waals surface area (Å²) in [6.07, 6.45) is 0.791. The average Bonchev–Trinajstić information content (AvgIpc) is 3.65. The van der Waals surface area contributed by atoms with Crippen LogP contribution in [-0.2, 0) is 27.3 Å². The van der Waals surface area contributed by atoms with Crippen LogP contribution in [0.25, 0.3) is 10.8 Å². The average molecular weight is 601 g/mol. The zero-order valence-corrected chi connectivity index (χ0v) is 25.5. The molecule has 3 aromatic rings. The highest BCUT2D eigenvalue weighted by Gasteiger charge is 2.42. The van der Waals surface area contributed by atoms with E-state index >= 15 is 0 Å². The molecule has 8 nitrogen and oxygen atoms in total. The van der Waals surface area contributed by atoms with Gasteiger partial charge in [-0.1, -0.05) is 69.3 Å². The second-order valence-corrected chi connectivity index (χ2v) is 12.5. The lowest BCUT2D eigenvalue weighted by Gasteiger charge is -2.35. The number of fused-ring (bicyclic) bond motifs is 1. The Labute approximate surface area is 252 Å². The fourth-order valence-corrected chi connectivity index (χ4v) is 5.57. The quantitative estimate of drug-likeness (QED) is 0.267. The number of thiophene rings is 1. The number of amides is 3. The Hall–Kier alpha value is -2.82. The molecule has 0 bridgehead atoms. The second kappa shape index (κ2) is 14.9. The van der Waals surface area contributed by atoms with Crippen molar-refractivity contribution in [3.05, 3.63) is 70.4 Å². The summed E-state index contributed by atoms with van der Waals surface area (Å²) in [7, 11) is 0. The van der Waals surface area contributed by atoms with Gasteiger partial charge in [-0.2, -0.15) is 0 Å². The molecule has 4 rings (SSSR count). The SMILES string of the molecule is CC(C)(C)C(=O)N(C(=O)[C@@H]1CCCN1)[C@H](Cc1ccc2ccccc2c1)C(=O)NCC(O)CNCc1cccs1.Cl. The molecule has 0 aliphatic carbocycles. The number of carbonyl (C=O) groups is 3. The number of hydrogen-bond donors (Lipinski definition) is 4. The molecule has 1 aliphatic rings. The normalized spacial score (nSPS) is 16.5. The summed E-state index contributed by atoms with van der Waals surface area (Å²) in [6.45, 7) is 6.88. The van der Waals surface area contributed by atoms with E-state index in [1.165, 1.54) is 4.90 Å². The summed E-state index contributed by atoms with van der Waals surface area (Å²) >= 11 is 1.63. The second-order valence-electron chi connectivity index (χ2n) is 11.4. The first-order chi connectivity index (χ1) is 19.1. The number of carbonyl (C=O) groups excluding carboxylic acids is 3. The van der Waals surface area contributed by atoms with Gasteiger partial charge in [0.15, 0.2) is 0 Å². The fourth-order valence-electron chi connectivity index (χ4n) is 4.89. The molecule has 1 saturated heterocycles. The zero-order valence-electron chi connectivity index (χ0n) is 23.9. The number of nitrogens with one attached hydrogen (secondary N) is 3. The van der Waals surface area contributed by atoms with Crippen LogP contribution in [0.2, 0.25) is 0 Å². The molecule has 1 fully saturated rings. The lowest BCUT2D eigenvalue weighted by molar-refractivity contribution is -0.157. The molecule has 2 heterocycles. The summed E-state index contributed by atoms with van der Waals surface area (Å²) in [5.74, 6) is -1.24. The first-order valence-electron chi connectivity index (χ1n) is 13.9. The topological polar surface area (TPSA) is 111 Å². The fraction of sp³-hybridized carbons (Fsp3) is 0.452. The van der Waals surface area contributed by atoms with Crippen molar-refractivity contribution in [1.29, 1.82) is 0 Å². The number of hydrogen-bond acceptors (Lipinski definition) is 7. The Balaban J connectivity index is 0.00000462. The van der Waals surface area contributed by atoms with Crippen molar-refractivity contribution in [1.82, 2.24) is 20.9 Å². The standard InChI is InChI=1S/C31H40N4O4S.ClH/c1-31(2,3)30(39)35(29(38)26-11-6-14-33-26)27(17-21-12-13-22-8-4-5-9-23(22)16-21)28(37)34-19-24(36)18-32-20-25-10-7-15-40-25;/h4-5,7-10,12-13,15-16,24,26-27,32-33,36H,6,11,14,17-20H2,1-3H3,(H,34,37);1H/t24?,26-,27+;/m0./s1. The van der Waals surface area contributed by atoms with Crippen LogP contribution in [0.1, 0.15) is 44.1 Å². The smallest absolute Gasteiger partial charge is 0.247 e. The highest BCUT2D eigenvalue weighted by atomic mass is 35.5. The monoisotopic (exact) mass is 600 g/mol. The van der Waals surface area contributed by atoms with Gasteiger partial charge >= 0.3 is 0 Å². The first-order valence-corrected chi connectivity index (χ1v) is 14.8. The van der Waals surface area contributed by atoms with Gasteiger partial charge in [0.1, 0.15) is 6.04 Å². The summed E-state index contributed by atoms with van der Waals surface area (Å²) in [4.78, 5) is 43.6. The Morgan fingerprint density at radius 2 is 1.83 bits per heavy atom. The molecule has 41 heavy (non-hydrogen) atoms. The van der Waals surface area contributed by atoms with Gasteiger partial charge in [-0.05, 0) is 47.2 Å². The van der Waals surface area contributed by atoms with Crippen LogP contribution < -0.4 is 16.0 Å². The van der Waals surface area contributed by atoms with Crippen LogP contribution in [0.4, 0.5) is 0 Å². The van der Waals surface area contributed by atoms with E-state index in [1.54, 1.807) is 32.1 Å². The van der Waals surface area contributed by atoms with E-state index in [2.05, 4.69) is 16.0 Å². The summed E-state index contributed by atoms with van der Waals surface area (Å²) in [5.41, 5.74) is -0.0302. The molecule has 0 radical (unpaired) electrons. The first kappa shape index (κ1) is 32.7. The predicted octanol–water partition coefficient (Wildman–Crippen LogP) is 3.65. The number of nitrogens with zero attached hydrogens (tertiary/aromatic N) is 1. The predicted molar refractivity (Wildman–Crippen MR) is 166 cm³/mol. The number of aliphatic hydroxyl groups is 1. The minimum atomic E-state index is -1.06. The van der Waals surface area contributed by atoms with Gasteiger partial charge in [-0.15, -0.1) is 23.7 Å². The van der Waals surface area contributed by atoms with Crippen molar-refractivity contribution in [2.24, 2.45) is 5.41 Å². The third-order valence-corrected chi connectivity index (χ3v) is 7.96. The van der Waals surface area contributed by atoms with Crippen molar-refractivity contribution in [2.45, 2.75) is 64.8 Å². The molecule has 3 amide bonds. The van der Waals surface area contributed by atoms with E-state index < -0.39 is 35.4 Å². The molecule has 1 aliphatic heterocycles. The van der Waals surface area contributed by atoms with E-state index in [0.29, 0.717) is 26.1 Å². The lowest BCUT2D eigenvalue weighted by atomic mass is 9.91. The molecule has 2 aromatic carbocycles. The molecule has 222 valence electrons. The van der Waals surface area contributed by atoms with Crippen LogP contribution in [0.5, 0.6) is 0 Å². The molecule has 10 heteroatoms. The lowest BCUT2D eigenvalue weighted by Crippen LogP contribution is -2.60. The molecule has 0 spiro atoms. The van der Waals surface area contributed by atoms with Gasteiger partial charge < -0.3 is 21.1 Å². The maximum absolute atomic E-state index is 13.8. The van der Waals surface area contributed by atoms with Crippen molar-refractivity contribution >= 4 is 52.2 Å². The van der Waals surface area contributed by atoms with Crippen LogP contribution in [0, 0.1) is 5.41 Å². The Morgan fingerprint density at radius 1 is 1.07 bits per heavy atom. The maximum atomic E-state index is 13.8. The van der Waals surface area contributed by atoms with E-state index in [9.17, 15) is 19.5 Å². The number of rotatable bonds is 11. The highest BCUT2D eigenvalue weighted by Crippen LogP contribution is 2.25. The van der Waals surface area contributed by atoms with Gasteiger partial charge in [0, 0.05) is 36.3 Å². The van der Waals surface area contributed by atoms with Crippen molar-refractivity contribution in [3.63, 3.8) is 0 Å². The largest absolute Gasteiger partial charge is 0.390 e. The van der Waals surface area contributed by atoms with Gasteiger partial charge in [-0.3, -0.25) is 19.3 Å². The van der Waals surface area contributed by atoms with Crippen LogP contribution in [0.15, 0.2) is 60.0 Å². The van der Waals surface area contributed by atoms with Gasteiger partial charge in [-0.25, -0.2) is 0 Å². The van der Waals surface area contributed by atoms with Crippen molar-refractivity contribution in [2.75, 3.05) is 19.6 Å². The van der Waals surface area contributed by atoms with E-state index in [4.69, 9.17) is 0 Å². The summed E-state index contributed by atoms with van der Waals surface area (Å²) in [5, 5.41) is 23.8. The third-order valence-electron chi connectivity index (χ3n) is 7.08. The van der Waals surface area contributed by atoms with E-state index in [0.717, 1.165) is 27.6 Å². The van der Waals surface area contributed by atoms with Crippen molar-refractivity contribution < 1.29 is 19.5 Å². The zero-order chi connectivity index (χ0) is 28.7. The Morgan fingerprint density at radius 3 is 2.49 bits per heavy atom. The molecular formula is C31H41ClN4O4S. The van der Waals surface area contributed by atoms with Crippen LogP contribution in [0.3, 0.4) is 0 Å². The maximum Gasteiger partial charge on any atom is 0.247 e. The third kappa shape index (κ3) is 8.83. The van der Waals surface area contributed by atoms with Gasteiger partial charge in [0.25, 0.3) is 0 Å². The number of halogens is 1. The minimum Gasteiger partial charge on any atom is -0.390 e. The number of aliphatic hydroxyl groups excluding tert-OH is 1. The van der Waals surface area contributed by atoms with E-state index in [1.807, 2.05) is 60.0 Å². The van der Waals surface area contributed by atoms with E-state index in [-0.39, 0.29) is 31.3 Å². The molecular weight excluding hydrogens is 560 g/mol. The summed E-state index contributed by atoms with van der Waals surface area (Å²) < 4.78 is 0. The molecule has 1 unspecified atom stereocenters. The van der Waals surface area contributed by atoms with Gasteiger partial charge in [0.2, 0.25) is 17.7 Å².